The van der Waals surface area contributed by atoms with E-state index in [-0.39, 0.29) is 6.04 Å². The maximum absolute atomic E-state index is 5.79. The zero-order valence-corrected chi connectivity index (χ0v) is 10.5. The second-order valence-corrected chi connectivity index (χ2v) is 4.86. The van der Waals surface area contributed by atoms with Crippen molar-refractivity contribution in [1.29, 1.82) is 0 Å². The predicted molar refractivity (Wildman–Crippen MR) is 72.6 cm³/mol. The van der Waals surface area contributed by atoms with Crippen molar-refractivity contribution in [3.8, 4) is 0 Å². The molecule has 18 heavy (non-hydrogen) atoms. The highest BCUT2D eigenvalue weighted by atomic mass is 35.5. The third-order valence-corrected chi connectivity index (χ3v) is 3.36. The third-order valence-electron chi connectivity index (χ3n) is 3.17. The predicted octanol–water partition coefficient (Wildman–Crippen LogP) is 2.81. The molecule has 3 rings (SSSR count). The van der Waals surface area contributed by atoms with Gasteiger partial charge in [0.25, 0.3) is 0 Å². The number of nitrogen functional groups attached to an aromatic ring is 1. The number of nitrogens with zero attached hydrogens (tertiary/aromatic N) is 2. The standard InChI is InChI=1S/C13H13ClN4/c14-9-6-16-13(17-7-9)18-12-4-1-8-5-10(15)2-3-11(8)12/h2-3,5-7,12H,1,4,15H2,(H,16,17,18). The molecule has 1 aliphatic carbocycles. The normalized spacial score (nSPS) is 17.5. The van der Waals surface area contributed by atoms with Gasteiger partial charge in [0.1, 0.15) is 0 Å². The minimum Gasteiger partial charge on any atom is -0.399 e. The van der Waals surface area contributed by atoms with Crippen molar-refractivity contribution < 1.29 is 0 Å². The Hall–Kier alpha value is -1.81. The van der Waals surface area contributed by atoms with Gasteiger partial charge in [-0.3, -0.25) is 0 Å². The van der Waals surface area contributed by atoms with E-state index in [1.165, 1.54) is 11.1 Å². The molecule has 2 aromatic rings. The summed E-state index contributed by atoms with van der Waals surface area (Å²) in [5.41, 5.74) is 9.19. The minimum absolute atomic E-state index is 0.252. The van der Waals surface area contributed by atoms with Gasteiger partial charge in [0.05, 0.1) is 23.5 Å². The van der Waals surface area contributed by atoms with E-state index in [0.29, 0.717) is 11.0 Å². The number of aryl methyl sites for hydroxylation is 1. The average Bonchev–Trinajstić information content (AvgIpc) is 2.74. The molecule has 1 heterocycles. The van der Waals surface area contributed by atoms with Gasteiger partial charge in [0.15, 0.2) is 0 Å². The number of halogens is 1. The van der Waals surface area contributed by atoms with Crippen LogP contribution < -0.4 is 11.1 Å². The highest BCUT2D eigenvalue weighted by Gasteiger charge is 2.22. The highest BCUT2D eigenvalue weighted by Crippen LogP contribution is 2.34. The van der Waals surface area contributed by atoms with E-state index in [1.54, 1.807) is 12.4 Å². The number of aromatic nitrogens is 2. The number of anilines is 2. The number of nitrogens with one attached hydrogen (secondary N) is 1. The minimum atomic E-state index is 0.252. The summed E-state index contributed by atoms with van der Waals surface area (Å²) < 4.78 is 0. The smallest absolute Gasteiger partial charge is 0.223 e. The lowest BCUT2D eigenvalue weighted by molar-refractivity contribution is 0.751. The Bertz CT molecular complexity index is 568. The van der Waals surface area contributed by atoms with E-state index < -0.39 is 0 Å². The molecule has 4 nitrogen and oxygen atoms in total. The average molecular weight is 261 g/mol. The topological polar surface area (TPSA) is 63.8 Å². The second kappa shape index (κ2) is 4.46. The zero-order chi connectivity index (χ0) is 12.5. The van der Waals surface area contributed by atoms with Crippen LogP contribution in [0, 0.1) is 0 Å². The molecule has 1 aliphatic rings. The lowest BCUT2D eigenvalue weighted by Gasteiger charge is -2.13. The zero-order valence-electron chi connectivity index (χ0n) is 9.73. The van der Waals surface area contributed by atoms with Gasteiger partial charge in [-0.1, -0.05) is 17.7 Å². The summed E-state index contributed by atoms with van der Waals surface area (Å²) in [5, 5.41) is 3.86. The van der Waals surface area contributed by atoms with Crippen molar-refractivity contribution in [2.75, 3.05) is 11.1 Å². The van der Waals surface area contributed by atoms with Gasteiger partial charge in [-0.15, -0.1) is 0 Å². The summed E-state index contributed by atoms with van der Waals surface area (Å²) in [6, 6.07) is 6.30. The van der Waals surface area contributed by atoms with E-state index in [2.05, 4.69) is 21.4 Å². The van der Waals surface area contributed by atoms with Crippen LogP contribution in [0.3, 0.4) is 0 Å². The quantitative estimate of drug-likeness (QED) is 0.815. The van der Waals surface area contributed by atoms with Crippen LogP contribution in [0.5, 0.6) is 0 Å². The lowest BCUT2D eigenvalue weighted by Crippen LogP contribution is -2.09. The van der Waals surface area contributed by atoms with E-state index in [4.69, 9.17) is 17.3 Å². The van der Waals surface area contributed by atoms with Crippen LogP contribution in [0.15, 0.2) is 30.6 Å². The van der Waals surface area contributed by atoms with E-state index in [9.17, 15) is 0 Å². The number of fused-ring (bicyclic) bond motifs is 1. The first-order valence-corrected chi connectivity index (χ1v) is 6.22. The molecule has 0 saturated heterocycles. The molecule has 0 radical (unpaired) electrons. The number of nitrogens with two attached hydrogens (primary N) is 1. The molecule has 0 bridgehead atoms. The Morgan fingerprint density at radius 2 is 2.06 bits per heavy atom. The van der Waals surface area contributed by atoms with Gasteiger partial charge in [-0.05, 0) is 36.1 Å². The lowest BCUT2D eigenvalue weighted by atomic mass is 10.1. The van der Waals surface area contributed by atoms with Gasteiger partial charge in [0, 0.05) is 5.69 Å². The molecule has 0 aliphatic heterocycles. The summed E-state index contributed by atoms with van der Waals surface area (Å²) in [6.45, 7) is 0. The molecule has 1 aromatic carbocycles. The van der Waals surface area contributed by atoms with Crippen LogP contribution in [-0.2, 0) is 6.42 Å². The van der Waals surface area contributed by atoms with E-state index in [0.717, 1.165) is 18.5 Å². The second-order valence-electron chi connectivity index (χ2n) is 4.42. The first-order valence-electron chi connectivity index (χ1n) is 5.85. The third kappa shape index (κ3) is 2.11. The van der Waals surface area contributed by atoms with E-state index in [1.807, 2.05) is 12.1 Å². The van der Waals surface area contributed by atoms with Crippen LogP contribution in [-0.4, -0.2) is 9.97 Å². The fourth-order valence-corrected chi connectivity index (χ4v) is 2.43. The fraction of sp³-hybridized carbons (Fsp3) is 0.231. The molecule has 5 heteroatoms. The molecule has 0 fully saturated rings. The van der Waals surface area contributed by atoms with Crippen LogP contribution in [0.4, 0.5) is 11.6 Å². The highest BCUT2D eigenvalue weighted by molar-refractivity contribution is 6.30. The Labute approximate surface area is 110 Å². The van der Waals surface area contributed by atoms with Crippen LogP contribution in [0.1, 0.15) is 23.6 Å². The van der Waals surface area contributed by atoms with Gasteiger partial charge >= 0.3 is 0 Å². The van der Waals surface area contributed by atoms with Crippen molar-refractivity contribution in [2.45, 2.75) is 18.9 Å². The molecule has 1 atom stereocenters. The van der Waals surface area contributed by atoms with Crippen molar-refractivity contribution in [3.63, 3.8) is 0 Å². The Kier molecular flexibility index (Phi) is 2.80. The van der Waals surface area contributed by atoms with Crippen LogP contribution in [0.2, 0.25) is 5.02 Å². The summed E-state index contributed by atoms with van der Waals surface area (Å²) in [5.74, 6) is 0.606. The monoisotopic (exact) mass is 260 g/mol. The molecule has 0 amide bonds. The van der Waals surface area contributed by atoms with Crippen LogP contribution >= 0.6 is 11.6 Å². The summed E-state index contributed by atoms with van der Waals surface area (Å²) in [4.78, 5) is 8.31. The fourth-order valence-electron chi connectivity index (χ4n) is 2.33. The van der Waals surface area contributed by atoms with Gasteiger partial charge < -0.3 is 11.1 Å². The number of hydrogen-bond acceptors (Lipinski definition) is 4. The van der Waals surface area contributed by atoms with Crippen LogP contribution in [0.25, 0.3) is 0 Å². The number of rotatable bonds is 2. The van der Waals surface area contributed by atoms with Crippen molar-refractivity contribution in [2.24, 2.45) is 0 Å². The summed E-state index contributed by atoms with van der Waals surface area (Å²) >= 11 is 5.76. The van der Waals surface area contributed by atoms with Crippen molar-refractivity contribution in [1.82, 2.24) is 9.97 Å². The first kappa shape index (κ1) is 11.3. The Balaban J connectivity index is 1.82. The molecule has 92 valence electrons. The molecular weight excluding hydrogens is 248 g/mol. The Morgan fingerprint density at radius 1 is 1.28 bits per heavy atom. The molecule has 3 N–H and O–H groups in total. The van der Waals surface area contributed by atoms with Gasteiger partial charge in [0.2, 0.25) is 5.95 Å². The van der Waals surface area contributed by atoms with E-state index >= 15 is 0 Å². The molecule has 0 spiro atoms. The van der Waals surface area contributed by atoms with Crippen molar-refractivity contribution >= 4 is 23.2 Å². The molecule has 1 aromatic heterocycles. The molecule has 0 saturated carbocycles. The molecule has 1 unspecified atom stereocenters. The largest absolute Gasteiger partial charge is 0.399 e. The van der Waals surface area contributed by atoms with Crippen molar-refractivity contribution in [3.05, 3.63) is 46.7 Å². The summed E-state index contributed by atoms with van der Waals surface area (Å²) in [7, 11) is 0. The first-order chi connectivity index (χ1) is 8.72. The number of benzene rings is 1. The Morgan fingerprint density at radius 3 is 2.83 bits per heavy atom. The summed E-state index contributed by atoms with van der Waals surface area (Å²) in [6.07, 6.45) is 5.25. The molecular formula is C13H13ClN4. The maximum Gasteiger partial charge on any atom is 0.223 e. The maximum atomic E-state index is 5.79. The van der Waals surface area contributed by atoms with Gasteiger partial charge in [-0.25, -0.2) is 9.97 Å². The number of hydrogen-bond donors (Lipinski definition) is 2. The SMILES string of the molecule is Nc1ccc2c(c1)CCC2Nc1ncc(Cl)cn1. The van der Waals surface area contributed by atoms with Gasteiger partial charge in [-0.2, -0.15) is 0 Å².